The van der Waals surface area contributed by atoms with Crippen molar-refractivity contribution in [1.82, 2.24) is 24.4 Å². The summed E-state index contributed by atoms with van der Waals surface area (Å²) in [4.78, 5) is 58.4. The number of pyridine rings is 2. The van der Waals surface area contributed by atoms with Crippen LogP contribution in [0, 0.1) is 22.7 Å². The molecule has 4 aromatic heterocycles. The Bertz CT molecular complexity index is 3790. The number of nitrogens with two attached hydrogens (primary N) is 1. The third kappa shape index (κ3) is 14.5. The zero-order valence-corrected chi connectivity index (χ0v) is 49.0. The van der Waals surface area contributed by atoms with Gasteiger partial charge in [0.25, 0.3) is 5.91 Å². The molecule has 4 aliphatic rings. The highest BCUT2D eigenvalue weighted by Crippen LogP contribution is 2.60. The van der Waals surface area contributed by atoms with Gasteiger partial charge in [-0.2, -0.15) is 26.3 Å². The number of alkyl halides is 8. The average molecular weight is 1230 g/mol. The average Bonchev–Trinajstić information content (AvgIpc) is 1.55. The number of nitrogens with zero attached hydrogens (tertiary/aromatic N) is 4. The fourth-order valence-electron chi connectivity index (χ4n) is 13.3. The molecule has 4 fully saturated rings. The maximum Gasteiger partial charge on any atom is 0.416 e. The number of ether oxygens (including phenoxy) is 2. The number of amides is 1. The first-order valence-corrected chi connectivity index (χ1v) is 29.6. The van der Waals surface area contributed by atoms with Crippen LogP contribution in [0.2, 0.25) is 0 Å². The zero-order valence-electron chi connectivity index (χ0n) is 49.0. The van der Waals surface area contributed by atoms with Gasteiger partial charge in [-0.05, 0) is 159 Å². The summed E-state index contributed by atoms with van der Waals surface area (Å²) in [7, 11) is 0. The summed E-state index contributed by atoms with van der Waals surface area (Å²) in [6.45, 7) is 2.47. The normalized spacial score (nSPS) is 21.6. The summed E-state index contributed by atoms with van der Waals surface area (Å²) >= 11 is 0. The Labute approximate surface area is 508 Å². The van der Waals surface area contributed by atoms with E-state index >= 15 is 0 Å². The van der Waals surface area contributed by atoms with Gasteiger partial charge >= 0.3 is 30.3 Å². The Morgan fingerprint density at radius 2 is 0.978 bits per heavy atom. The highest BCUT2D eigenvalue weighted by atomic mass is 19.4. The second-order valence-corrected chi connectivity index (χ2v) is 24.2. The number of nitrogens with one attached hydrogen (secondary N) is 1. The summed E-state index contributed by atoms with van der Waals surface area (Å²) in [6, 6.07) is 32.8. The van der Waals surface area contributed by atoms with Crippen LogP contribution in [0.15, 0.2) is 146 Å². The minimum atomic E-state index is -4.43. The van der Waals surface area contributed by atoms with E-state index in [1.54, 1.807) is 29.1 Å². The summed E-state index contributed by atoms with van der Waals surface area (Å²) < 4.78 is 117. The highest BCUT2D eigenvalue weighted by molar-refractivity contribution is 6.07. The molecule has 12 rings (SSSR count). The molecule has 8 aromatic rings. The van der Waals surface area contributed by atoms with E-state index in [9.17, 15) is 59.4 Å². The fourth-order valence-corrected chi connectivity index (χ4v) is 13.3. The Morgan fingerprint density at radius 3 is 1.36 bits per heavy atom. The Morgan fingerprint density at radius 1 is 0.584 bits per heavy atom. The van der Waals surface area contributed by atoms with Crippen molar-refractivity contribution >= 4 is 45.9 Å². The van der Waals surface area contributed by atoms with Crippen molar-refractivity contribution in [1.29, 1.82) is 0 Å². The smallest absolute Gasteiger partial charge is 0.416 e. The minimum Gasteiger partial charge on any atom is -0.478 e. The number of aromatic nitrogens is 4. The van der Waals surface area contributed by atoms with Crippen molar-refractivity contribution < 1.29 is 68.9 Å². The molecule has 0 radical (unpaired) electrons. The quantitative estimate of drug-likeness (QED) is 0.0586. The summed E-state index contributed by atoms with van der Waals surface area (Å²) in [5.41, 5.74) is 10.5. The third-order valence-corrected chi connectivity index (χ3v) is 17.8. The summed E-state index contributed by atoms with van der Waals surface area (Å²) in [6.07, 6.45) is 4.27. The lowest BCUT2D eigenvalue weighted by molar-refractivity contribution is -0.168. The minimum absolute atomic E-state index is 0.0107. The van der Waals surface area contributed by atoms with Gasteiger partial charge in [0, 0.05) is 47.6 Å². The molecule has 4 N–H and O–H groups in total. The number of carboxylic acid groups (broad SMARTS) is 1. The zero-order chi connectivity index (χ0) is 63.4. The number of aryl methyl sites for hydroxylation is 2. The molecule has 89 heavy (non-hydrogen) atoms. The molecule has 4 saturated carbocycles. The summed E-state index contributed by atoms with van der Waals surface area (Å²) in [5, 5.41) is 13.5. The van der Waals surface area contributed by atoms with Gasteiger partial charge < -0.3 is 34.8 Å². The van der Waals surface area contributed by atoms with E-state index in [4.69, 9.17) is 15.2 Å². The lowest BCUT2D eigenvalue weighted by Crippen LogP contribution is -2.57. The standard InChI is InChI=1S/C34H33F4N3O3.C18H14F4N2O2.C16H21NO2/c1-21(23-5-3-2-4-6-23)44-32(43)25-16-33(17-25)18-27(19-33)40-31(42)28-20-41(14-12-35)30-29(28)24(11-13-39-30)15-22-7-9-26(10-8-22)34(36,37)38;19-6-8-24-10-14(17(25)26)15-12(5-7-23-16(15)24)9-11-1-3-13(4-2-11)18(20,21)22;1-11(12-5-3-2-4-6-12)19-15(18)13-7-16(8-13)9-14(17)10-16/h2-11,13,20-21,25,27H,12,14-19H2,1H3,(H,40,42);1-5,7,10H,6,8-9H2,(H,25,26);2-6,11,13-14H,7-10,17H2,1H3/t21-,25?,27?,33?;;11-,13?,14?,16?/m0.0/s1. The van der Waals surface area contributed by atoms with Crippen molar-refractivity contribution in [3.63, 3.8) is 0 Å². The first-order chi connectivity index (χ1) is 42.4. The topological polar surface area (TPSA) is 181 Å². The van der Waals surface area contributed by atoms with E-state index < -0.39 is 42.8 Å². The van der Waals surface area contributed by atoms with E-state index in [0.717, 1.165) is 86.8 Å². The van der Waals surface area contributed by atoms with Gasteiger partial charge in [0.2, 0.25) is 0 Å². The van der Waals surface area contributed by atoms with Gasteiger partial charge in [0.05, 0.1) is 47.2 Å². The monoisotopic (exact) mass is 1230 g/mol. The van der Waals surface area contributed by atoms with Gasteiger partial charge in [-0.3, -0.25) is 14.4 Å². The SMILES string of the molecule is C[C@H](OC(=O)C1CC2(CC(N)C2)C1)c1ccccc1.C[C@H](OC(=O)C1CC2(CC(NC(=O)c3cn(CCF)c4nccc(Cc5ccc(C(F)(F)F)cc5)c34)C2)C1)c1ccccc1.O=C(O)c1cn(CCF)c2nccc(Cc3ccc(C(F)(F)F)cc3)c12. The molecule has 21 heteroatoms. The van der Waals surface area contributed by atoms with Crippen molar-refractivity contribution in [2.45, 2.75) is 128 Å². The van der Waals surface area contributed by atoms with Gasteiger partial charge in [0.1, 0.15) is 36.9 Å². The molecule has 0 bridgehead atoms. The van der Waals surface area contributed by atoms with Crippen LogP contribution in [0.4, 0.5) is 35.1 Å². The van der Waals surface area contributed by atoms with Crippen LogP contribution in [0.5, 0.6) is 0 Å². The van der Waals surface area contributed by atoms with E-state index in [2.05, 4.69) is 15.3 Å². The number of hydrogen-bond donors (Lipinski definition) is 3. The van der Waals surface area contributed by atoms with E-state index in [1.165, 1.54) is 41.2 Å². The van der Waals surface area contributed by atoms with Crippen LogP contribution in [0.25, 0.3) is 22.1 Å². The number of carboxylic acids is 1. The van der Waals surface area contributed by atoms with Crippen LogP contribution >= 0.6 is 0 Å². The molecule has 4 heterocycles. The van der Waals surface area contributed by atoms with Crippen LogP contribution in [-0.4, -0.2) is 73.5 Å². The lowest BCUT2D eigenvalue weighted by Gasteiger charge is -2.57. The first kappa shape index (κ1) is 63.6. The molecule has 0 aliphatic heterocycles. The molecule has 4 aromatic carbocycles. The van der Waals surface area contributed by atoms with Crippen molar-refractivity contribution in [2.24, 2.45) is 28.4 Å². The number of hydrogen-bond acceptors (Lipinski definition) is 9. The Hall–Kier alpha value is -8.46. The maximum atomic E-state index is 13.5. The molecule has 4 aliphatic carbocycles. The van der Waals surface area contributed by atoms with Crippen molar-refractivity contribution in [3.05, 3.63) is 202 Å². The number of fused-ring (bicyclic) bond motifs is 2. The number of rotatable bonds is 17. The van der Waals surface area contributed by atoms with E-state index in [1.807, 2.05) is 74.5 Å². The maximum absolute atomic E-state index is 13.5. The Kier molecular flexibility index (Phi) is 18.8. The molecule has 0 unspecified atom stereocenters. The molecular formula is C68H68F8N6O7. The summed E-state index contributed by atoms with van der Waals surface area (Å²) in [5.74, 6) is -1.75. The lowest BCUT2D eigenvalue weighted by atomic mass is 9.50. The molecule has 13 nitrogen and oxygen atoms in total. The predicted octanol–water partition coefficient (Wildman–Crippen LogP) is 14.3. The van der Waals surface area contributed by atoms with Gasteiger partial charge in [-0.1, -0.05) is 84.9 Å². The molecule has 0 saturated heterocycles. The van der Waals surface area contributed by atoms with Crippen LogP contribution in [0.1, 0.15) is 143 Å². The highest BCUT2D eigenvalue weighted by Gasteiger charge is 2.56. The molecule has 1 amide bonds. The fraction of sp³-hybridized carbons (Fsp3) is 0.382. The largest absolute Gasteiger partial charge is 0.478 e. The predicted molar refractivity (Wildman–Crippen MR) is 317 cm³/mol. The first-order valence-electron chi connectivity index (χ1n) is 29.6. The van der Waals surface area contributed by atoms with E-state index in [-0.39, 0.29) is 84.8 Å². The van der Waals surface area contributed by atoms with Crippen LogP contribution < -0.4 is 11.1 Å². The molecule has 2 atom stereocenters. The number of halogens is 8. The Balaban J connectivity index is 0.000000163. The molecular weight excluding hydrogens is 1160 g/mol. The van der Waals surface area contributed by atoms with Gasteiger partial charge in [-0.25, -0.2) is 23.5 Å². The molecule has 468 valence electrons. The van der Waals surface area contributed by atoms with Gasteiger partial charge in [0.15, 0.2) is 0 Å². The van der Waals surface area contributed by atoms with Gasteiger partial charge in [-0.15, -0.1) is 0 Å². The number of carbonyl (C=O) groups excluding carboxylic acids is 3. The number of benzene rings is 4. The number of esters is 2. The van der Waals surface area contributed by atoms with Crippen molar-refractivity contribution in [3.8, 4) is 0 Å². The van der Waals surface area contributed by atoms with E-state index in [0.29, 0.717) is 61.3 Å². The number of carbonyl (C=O) groups is 4. The third-order valence-electron chi connectivity index (χ3n) is 17.8. The molecule has 2 spiro atoms. The van der Waals surface area contributed by atoms with Crippen LogP contribution in [-0.2, 0) is 57.3 Å². The van der Waals surface area contributed by atoms with Crippen molar-refractivity contribution in [2.75, 3.05) is 13.3 Å². The second kappa shape index (κ2) is 26.3. The van der Waals surface area contributed by atoms with Crippen LogP contribution in [0.3, 0.4) is 0 Å². The number of aromatic carboxylic acids is 1. The second-order valence-electron chi connectivity index (χ2n) is 24.2.